The Kier molecular flexibility index (Phi) is 5.81. The van der Waals surface area contributed by atoms with Crippen LogP contribution in [0.25, 0.3) is 21.1 Å². The van der Waals surface area contributed by atoms with Crippen LogP contribution in [0.1, 0.15) is 11.1 Å². The highest BCUT2D eigenvalue weighted by Crippen LogP contribution is 2.32. The van der Waals surface area contributed by atoms with Crippen molar-refractivity contribution >= 4 is 43.5 Å². The number of thiazole rings is 1. The second-order valence-electron chi connectivity index (χ2n) is 7.94. The molecule has 0 aliphatic heterocycles. The Balaban J connectivity index is 1.53. The SMILES string of the molecule is COc1ccc2nc(N(Cc3ccccc3)C(=O)Cn3cnc4c(C)cccc4c3=O)sc2c1. The van der Waals surface area contributed by atoms with Crippen LogP contribution < -0.4 is 15.2 Å². The van der Waals surface area contributed by atoms with E-state index in [9.17, 15) is 9.59 Å². The van der Waals surface area contributed by atoms with Crippen molar-refractivity contribution in [3.8, 4) is 5.75 Å². The van der Waals surface area contributed by atoms with Crippen molar-refractivity contribution in [1.82, 2.24) is 14.5 Å². The maximum absolute atomic E-state index is 13.6. The Labute approximate surface area is 199 Å². The van der Waals surface area contributed by atoms with E-state index in [1.807, 2.05) is 67.6 Å². The van der Waals surface area contributed by atoms with Gasteiger partial charge < -0.3 is 4.74 Å². The van der Waals surface area contributed by atoms with E-state index in [4.69, 9.17) is 9.72 Å². The highest BCUT2D eigenvalue weighted by Gasteiger charge is 2.22. The fourth-order valence-electron chi connectivity index (χ4n) is 3.84. The average molecular weight is 471 g/mol. The summed E-state index contributed by atoms with van der Waals surface area (Å²) in [5.41, 5.74) is 3.08. The largest absolute Gasteiger partial charge is 0.497 e. The number of hydrogen-bond acceptors (Lipinski definition) is 6. The van der Waals surface area contributed by atoms with Gasteiger partial charge in [0.15, 0.2) is 5.13 Å². The number of aryl methyl sites for hydroxylation is 1. The lowest BCUT2D eigenvalue weighted by Crippen LogP contribution is -2.36. The molecule has 5 aromatic rings. The number of aromatic nitrogens is 3. The summed E-state index contributed by atoms with van der Waals surface area (Å²) in [4.78, 5) is 37.4. The van der Waals surface area contributed by atoms with Crippen LogP contribution in [0.5, 0.6) is 5.75 Å². The first-order valence-corrected chi connectivity index (χ1v) is 11.6. The van der Waals surface area contributed by atoms with Gasteiger partial charge in [-0.1, -0.05) is 53.8 Å². The van der Waals surface area contributed by atoms with Crippen LogP contribution in [0.4, 0.5) is 5.13 Å². The number of anilines is 1. The molecule has 0 fully saturated rings. The van der Waals surface area contributed by atoms with E-state index in [2.05, 4.69) is 4.98 Å². The molecule has 0 atom stereocenters. The molecule has 1 amide bonds. The fourth-order valence-corrected chi connectivity index (χ4v) is 4.86. The number of carbonyl (C=O) groups is 1. The maximum atomic E-state index is 13.6. The predicted molar refractivity (Wildman–Crippen MR) is 135 cm³/mol. The zero-order valence-corrected chi connectivity index (χ0v) is 19.6. The lowest BCUT2D eigenvalue weighted by Gasteiger charge is -2.20. The Morgan fingerprint density at radius 1 is 1.09 bits per heavy atom. The summed E-state index contributed by atoms with van der Waals surface area (Å²) in [6, 6.07) is 20.8. The molecule has 5 rings (SSSR count). The number of benzene rings is 3. The van der Waals surface area contributed by atoms with Gasteiger partial charge in [-0.2, -0.15) is 0 Å². The molecule has 8 heteroatoms. The smallest absolute Gasteiger partial charge is 0.261 e. The summed E-state index contributed by atoms with van der Waals surface area (Å²) >= 11 is 1.41. The molecule has 0 aliphatic carbocycles. The zero-order chi connectivity index (χ0) is 23.7. The maximum Gasteiger partial charge on any atom is 0.261 e. The highest BCUT2D eigenvalue weighted by molar-refractivity contribution is 7.22. The highest BCUT2D eigenvalue weighted by atomic mass is 32.1. The second kappa shape index (κ2) is 9.07. The van der Waals surface area contributed by atoms with Gasteiger partial charge in [-0.15, -0.1) is 0 Å². The molecule has 3 aromatic carbocycles. The lowest BCUT2D eigenvalue weighted by molar-refractivity contribution is -0.119. The minimum atomic E-state index is -0.245. The van der Waals surface area contributed by atoms with Crippen LogP contribution in [0.2, 0.25) is 0 Å². The Bertz CT molecular complexity index is 1560. The topological polar surface area (TPSA) is 77.3 Å². The number of nitrogens with zero attached hydrogens (tertiary/aromatic N) is 4. The van der Waals surface area contributed by atoms with Gasteiger partial charge in [-0.3, -0.25) is 19.1 Å². The summed E-state index contributed by atoms with van der Waals surface area (Å²) in [5, 5.41) is 1.06. The number of hydrogen-bond donors (Lipinski definition) is 0. The molecule has 2 aromatic heterocycles. The van der Waals surface area contributed by atoms with E-state index in [1.54, 1.807) is 18.1 Å². The van der Waals surface area contributed by atoms with Gasteiger partial charge in [0.1, 0.15) is 12.3 Å². The van der Waals surface area contributed by atoms with Gasteiger partial charge in [0.25, 0.3) is 5.56 Å². The lowest BCUT2D eigenvalue weighted by atomic mass is 10.1. The number of para-hydroxylation sites is 1. The van der Waals surface area contributed by atoms with Crippen molar-refractivity contribution < 1.29 is 9.53 Å². The van der Waals surface area contributed by atoms with Crippen molar-refractivity contribution in [3.05, 3.63) is 94.5 Å². The predicted octanol–water partition coefficient (Wildman–Crippen LogP) is 4.56. The average Bonchev–Trinajstić information content (AvgIpc) is 3.28. The van der Waals surface area contributed by atoms with Crippen LogP contribution in [-0.2, 0) is 17.9 Å². The molecular weight excluding hydrogens is 448 g/mol. The van der Waals surface area contributed by atoms with Crippen molar-refractivity contribution in [2.45, 2.75) is 20.0 Å². The minimum Gasteiger partial charge on any atom is -0.497 e. The quantitative estimate of drug-likeness (QED) is 0.364. The van der Waals surface area contributed by atoms with Gasteiger partial charge >= 0.3 is 0 Å². The first kappa shape index (κ1) is 21.8. The molecule has 2 heterocycles. The molecule has 34 heavy (non-hydrogen) atoms. The number of rotatable bonds is 6. The van der Waals surface area contributed by atoms with Crippen LogP contribution in [0, 0.1) is 6.92 Å². The second-order valence-corrected chi connectivity index (χ2v) is 8.95. The summed E-state index contributed by atoms with van der Waals surface area (Å²) < 4.78 is 7.60. The first-order chi connectivity index (χ1) is 16.5. The van der Waals surface area contributed by atoms with E-state index < -0.39 is 0 Å². The number of carbonyl (C=O) groups excluding carboxylic acids is 1. The number of methoxy groups -OCH3 is 1. The molecule has 0 aliphatic rings. The first-order valence-electron chi connectivity index (χ1n) is 10.8. The monoisotopic (exact) mass is 470 g/mol. The number of amides is 1. The van der Waals surface area contributed by atoms with Gasteiger partial charge in [0.2, 0.25) is 5.91 Å². The van der Waals surface area contributed by atoms with Crippen molar-refractivity contribution in [2.75, 3.05) is 12.0 Å². The Morgan fingerprint density at radius 3 is 2.71 bits per heavy atom. The minimum absolute atomic E-state index is 0.137. The van der Waals surface area contributed by atoms with Gasteiger partial charge in [0.05, 0.1) is 41.1 Å². The van der Waals surface area contributed by atoms with Gasteiger partial charge in [-0.05, 0) is 42.3 Å². The van der Waals surface area contributed by atoms with E-state index in [1.165, 1.54) is 22.2 Å². The molecule has 0 saturated heterocycles. The third-order valence-corrected chi connectivity index (χ3v) is 6.70. The number of ether oxygens (including phenoxy) is 1. The van der Waals surface area contributed by atoms with Crippen LogP contribution in [0.3, 0.4) is 0 Å². The number of fused-ring (bicyclic) bond motifs is 2. The molecular formula is C26H22N4O3S. The summed E-state index contributed by atoms with van der Waals surface area (Å²) in [5.74, 6) is 0.485. The normalized spacial score (nSPS) is 11.1. The van der Waals surface area contributed by atoms with Crippen LogP contribution >= 0.6 is 11.3 Å². The Hall–Kier alpha value is -4.04. The zero-order valence-electron chi connectivity index (χ0n) is 18.8. The molecule has 0 bridgehead atoms. The van der Waals surface area contributed by atoms with E-state index >= 15 is 0 Å². The molecule has 0 saturated carbocycles. The van der Waals surface area contributed by atoms with E-state index in [-0.39, 0.29) is 18.0 Å². The standard InChI is InChI=1S/C26H22N4O3S/c1-17-7-6-10-20-24(17)27-16-29(25(20)32)15-23(31)30(14-18-8-4-3-5-9-18)26-28-21-12-11-19(33-2)13-22(21)34-26/h3-13,16H,14-15H2,1-2H3. The third kappa shape index (κ3) is 4.15. The van der Waals surface area contributed by atoms with E-state index in [0.717, 1.165) is 27.1 Å². The molecule has 0 unspecified atom stereocenters. The summed E-state index contributed by atoms with van der Waals surface area (Å²) in [6.45, 7) is 2.11. The molecule has 7 nitrogen and oxygen atoms in total. The third-order valence-electron chi connectivity index (χ3n) is 5.66. The van der Waals surface area contributed by atoms with Gasteiger partial charge in [0, 0.05) is 0 Å². The van der Waals surface area contributed by atoms with Crippen molar-refractivity contribution in [2.24, 2.45) is 0 Å². The molecule has 0 N–H and O–H groups in total. The molecule has 0 spiro atoms. The van der Waals surface area contributed by atoms with Gasteiger partial charge in [-0.25, -0.2) is 9.97 Å². The van der Waals surface area contributed by atoms with Crippen molar-refractivity contribution in [1.29, 1.82) is 0 Å². The van der Waals surface area contributed by atoms with E-state index in [0.29, 0.717) is 22.6 Å². The summed E-state index contributed by atoms with van der Waals surface area (Å²) in [7, 11) is 1.62. The van der Waals surface area contributed by atoms with Crippen molar-refractivity contribution in [3.63, 3.8) is 0 Å². The summed E-state index contributed by atoms with van der Waals surface area (Å²) in [6.07, 6.45) is 1.44. The Morgan fingerprint density at radius 2 is 1.91 bits per heavy atom. The fraction of sp³-hybridized carbons (Fsp3) is 0.154. The molecule has 0 radical (unpaired) electrons. The van der Waals surface area contributed by atoms with Crippen LogP contribution in [-0.4, -0.2) is 27.6 Å². The van der Waals surface area contributed by atoms with Crippen LogP contribution in [0.15, 0.2) is 77.9 Å². The molecule has 170 valence electrons.